The third-order valence-electron chi connectivity index (χ3n) is 7.77. The molecule has 0 aliphatic heterocycles. The Labute approximate surface area is 261 Å². The number of halogens is 4. The van der Waals surface area contributed by atoms with Gasteiger partial charge in [-0.25, -0.2) is 8.42 Å². The molecule has 44 heavy (non-hydrogen) atoms. The van der Waals surface area contributed by atoms with E-state index in [4.69, 9.17) is 11.6 Å². The first kappa shape index (κ1) is 33.3. The summed E-state index contributed by atoms with van der Waals surface area (Å²) < 4.78 is 69.9. The van der Waals surface area contributed by atoms with Crippen molar-refractivity contribution in [2.24, 2.45) is 0 Å². The molecule has 0 unspecified atom stereocenters. The third-order valence-corrected chi connectivity index (χ3v) is 9.89. The molecule has 236 valence electrons. The molecule has 4 rings (SSSR count). The van der Waals surface area contributed by atoms with Crippen LogP contribution in [0.15, 0.2) is 71.6 Å². The van der Waals surface area contributed by atoms with Crippen molar-refractivity contribution < 1.29 is 31.2 Å². The molecule has 1 saturated carbocycles. The number of aryl methyl sites for hydroxylation is 2. The lowest BCUT2D eigenvalue weighted by molar-refractivity contribution is -0.139. The topological polar surface area (TPSA) is 86.8 Å². The second-order valence-corrected chi connectivity index (χ2v) is 13.4. The van der Waals surface area contributed by atoms with Crippen molar-refractivity contribution in [2.75, 3.05) is 10.8 Å². The molecule has 2 amide bonds. The molecule has 3 aromatic carbocycles. The van der Waals surface area contributed by atoms with Crippen LogP contribution in [-0.2, 0) is 32.3 Å². The summed E-state index contributed by atoms with van der Waals surface area (Å²) in [5.41, 5.74) is 0.812. The number of hydrogen-bond donors (Lipinski definition) is 1. The van der Waals surface area contributed by atoms with Crippen LogP contribution in [0, 0.1) is 13.8 Å². The smallest absolute Gasteiger partial charge is 0.352 e. The molecule has 0 saturated heterocycles. The Kier molecular flexibility index (Phi) is 10.3. The quantitative estimate of drug-likeness (QED) is 0.267. The van der Waals surface area contributed by atoms with Gasteiger partial charge in [0.05, 0.1) is 21.2 Å². The summed E-state index contributed by atoms with van der Waals surface area (Å²) in [7, 11) is -4.54. The molecule has 0 bridgehead atoms. The summed E-state index contributed by atoms with van der Waals surface area (Å²) in [6, 6.07) is 14.7. The largest absolute Gasteiger partial charge is 0.417 e. The summed E-state index contributed by atoms with van der Waals surface area (Å²) in [5.74, 6) is -1.16. The Morgan fingerprint density at radius 1 is 0.955 bits per heavy atom. The minimum atomic E-state index is -4.87. The first-order valence-corrected chi connectivity index (χ1v) is 16.1. The standard InChI is InChI=1S/C32H35ClF3N3O4S/c1-21-8-12-24(13-9-21)19-38(23(3)31(41)37-25-6-4-5-7-25)30(40)20-39(44(42,43)27-15-10-22(2)11-16-27)26-14-17-29(33)28(18-26)32(34,35)36/h8-18,23,25H,4-7,19-20H2,1-3H3,(H,37,41)/t23-/m0/s1. The predicted octanol–water partition coefficient (Wildman–Crippen LogP) is 6.65. The normalized spacial score (nSPS) is 14.7. The van der Waals surface area contributed by atoms with E-state index in [1.54, 1.807) is 38.1 Å². The Morgan fingerprint density at radius 2 is 1.52 bits per heavy atom. The SMILES string of the molecule is Cc1ccc(CN(C(=O)CN(c2ccc(Cl)c(C(F)(F)F)c2)S(=O)(=O)c2ccc(C)cc2)[C@@H](C)C(=O)NC2CCCC2)cc1. The lowest BCUT2D eigenvalue weighted by Gasteiger charge is -2.32. The number of rotatable bonds is 10. The zero-order valence-corrected chi connectivity index (χ0v) is 26.3. The van der Waals surface area contributed by atoms with Crippen molar-refractivity contribution in [3.05, 3.63) is 94.0 Å². The molecule has 7 nitrogen and oxygen atoms in total. The van der Waals surface area contributed by atoms with E-state index in [2.05, 4.69) is 5.32 Å². The average molecular weight is 650 g/mol. The van der Waals surface area contributed by atoms with E-state index >= 15 is 0 Å². The highest BCUT2D eigenvalue weighted by molar-refractivity contribution is 7.92. The van der Waals surface area contributed by atoms with Gasteiger partial charge < -0.3 is 10.2 Å². The maximum absolute atomic E-state index is 14.1. The minimum absolute atomic E-state index is 0.0189. The number of alkyl halides is 3. The highest BCUT2D eigenvalue weighted by Crippen LogP contribution is 2.38. The first-order valence-electron chi connectivity index (χ1n) is 14.3. The van der Waals surface area contributed by atoms with Crippen LogP contribution in [0.1, 0.15) is 54.9 Å². The van der Waals surface area contributed by atoms with Crippen molar-refractivity contribution >= 4 is 39.1 Å². The number of hydrogen-bond acceptors (Lipinski definition) is 4. The Balaban J connectivity index is 1.75. The zero-order valence-electron chi connectivity index (χ0n) is 24.7. The molecule has 1 aliphatic rings. The highest BCUT2D eigenvalue weighted by atomic mass is 35.5. The van der Waals surface area contributed by atoms with Crippen LogP contribution in [0.2, 0.25) is 5.02 Å². The van der Waals surface area contributed by atoms with Gasteiger partial charge in [-0.1, -0.05) is 72.0 Å². The van der Waals surface area contributed by atoms with Gasteiger partial charge in [0.1, 0.15) is 12.6 Å². The van der Waals surface area contributed by atoms with Crippen molar-refractivity contribution in [2.45, 2.75) is 76.2 Å². The van der Waals surface area contributed by atoms with E-state index in [0.717, 1.165) is 48.9 Å². The van der Waals surface area contributed by atoms with Crippen molar-refractivity contribution in [3.63, 3.8) is 0 Å². The van der Waals surface area contributed by atoms with Crippen LogP contribution < -0.4 is 9.62 Å². The molecule has 1 atom stereocenters. The first-order chi connectivity index (χ1) is 20.7. The van der Waals surface area contributed by atoms with Crippen molar-refractivity contribution in [3.8, 4) is 0 Å². The molecular formula is C32H35ClF3N3O4S. The van der Waals surface area contributed by atoms with Crippen LogP contribution in [0.3, 0.4) is 0 Å². The van der Waals surface area contributed by atoms with E-state index in [9.17, 15) is 31.2 Å². The van der Waals surface area contributed by atoms with Gasteiger partial charge in [0.15, 0.2) is 0 Å². The zero-order chi connectivity index (χ0) is 32.2. The summed E-state index contributed by atoms with van der Waals surface area (Å²) >= 11 is 5.83. The monoisotopic (exact) mass is 649 g/mol. The second-order valence-electron chi connectivity index (χ2n) is 11.2. The molecule has 0 aromatic heterocycles. The molecular weight excluding hydrogens is 615 g/mol. The lowest BCUT2D eigenvalue weighted by Crippen LogP contribution is -2.52. The van der Waals surface area contributed by atoms with Crippen molar-refractivity contribution in [1.82, 2.24) is 10.2 Å². The van der Waals surface area contributed by atoms with Gasteiger partial charge in [0.2, 0.25) is 11.8 Å². The van der Waals surface area contributed by atoms with Crippen molar-refractivity contribution in [1.29, 1.82) is 0 Å². The van der Waals surface area contributed by atoms with E-state index in [1.807, 2.05) is 19.1 Å². The molecule has 0 radical (unpaired) electrons. The highest BCUT2D eigenvalue weighted by Gasteiger charge is 2.37. The number of sulfonamides is 1. The maximum Gasteiger partial charge on any atom is 0.417 e. The molecule has 1 fully saturated rings. The van der Waals surface area contributed by atoms with Crippen LogP contribution in [-0.4, -0.2) is 43.8 Å². The van der Waals surface area contributed by atoms with Gasteiger partial charge in [-0.15, -0.1) is 0 Å². The fourth-order valence-corrected chi connectivity index (χ4v) is 6.75. The molecule has 1 N–H and O–H groups in total. The van der Waals surface area contributed by atoms with E-state index in [1.165, 1.54) is 17.0 Å². The lowest BCUT2D eigenvalue weighted by atomic mass is 10.1. The summed E-state index contributed by atoms with van der Waals surface area (Å²) in [4.78, 5) is 28.4. The van der Waals surface area contributed by atoms with Crippen LogP contribution in [0.5, 0.6) is 0 Å². The van der Waals surface area contributed by atoms with E-state index in [-0.39, 0.29) is 17.5 Å². The predicted molar refractivity (Wildman–Crippen MR) is 164 cm³/mol. The number of amides is 2. The Morgan fingerprint density at radius 3 is 2.09 bits per heavy atom. The van der Waals surface area contributed by atoms with Gasteiger partial charge >= 0.3 is 6.18 Å². The molecule has 0 spiro atoms. The van der Waals surface area contributed by atoms with Crippen LogP contribution in [0.4, 0.5) is 18.9 Å². The van der Waals surface area contributed by atoms with E-state index < -0.39 is 56.9 Å². The van der Waals surface area contributed by atoms with Gasteiger partial charge in [-0.05, 0) is 69.5 Å². The molecule has 3 aromatic rings. The number of nitrogens with zero attached hydrogens (tertiary/aromatic N) is 2. The molecule has 0 heterocycles. The maximum atomic E-state index is 14.1. The number of benzene rings is 3. The number of nitrogens with one attached hydrogen (secondary N) is 1. The van der Waals surface area contributed by atoms with Crippen LogP contribution in [0.25, 0.3) is 0 Å². The summed E-state index contributed by atoms with van der Waals surface area (Å²) in [6.45, 7) is 4.33. The van der Waals surface area contributed by atoms with E-state index in [0.29, 0.717) is 15.9 Å². The summed E-state index contributed by atoms with van der Waals surface area (Å²) in [6.07, 6.45) is -1.26. The minimum Gasteiger partial charge on any atom is -0.352 e. The number of anilines is 1. The fraction of sp³-hybridized carbons (Fsp3) is 0.375. The Hall–Kier alpha value is -3.57. The van der Waals surface area contributed by atoms with Gasteiger partial charge in [-0.3, -0.25) is 13.9 Å². The number of carbonyl (C=O) groups is 2. The fourth-order valence-electron chi connectivity index (χ4n) is 5.12. The second kappa shape index (κ2) is 13.6. The van der Waals surface area contributed by atoms with Gasteiger partial charge in [0.25, 0.3) is 10.0 Å². The van der Waals surface area contributed by atoms with Gasteiger partial charge in [0, 0.05) is 12.6 Å². The average Bonchev–Trinajstić information content (AvgIpc) is 3.48. The number of carbonyl (C=O) groups excluding carboxylic acids is 2. The van der Waals surface area contributed by atoms with Crippen LogP contribution >= 0.6 is 11.6 Å². The Bertz CT molecular complexity index is 1590. The molecule has 12 heteroatoms. The van der Waals surface area contributed by atoms with Gasteiger partial charge in [-0.2, -0.15) is 13.2 Å². The summed E-state index contributed by atoms with van der Waals surface area (Å²) in [5, 5.41) is 2.37. The molecule has 1 aliphatic carbocycles. The third kappa shape index (κ3) is 7.92.